The van der Waals surface area contributed by atoms with E-state index in [1.807, 2.05) is 0 Å². The van der Waals surface area contributed by atoms with E-state index < -0.39 is 23.5 Å². The molecule has 0 atom stereocenters. The molecule has 0 aromatic carbocycles. The van der Waals surface area contributed by atoms with Gasteiger partial charge in [-0.2, -0.15) is 0 Å². The van der Waals surface area contributed by atoms with E-state index in [4.69, 9.17) is 10.2 Å². The largest absolute Gasteiger partial charge is 0.478 e. The molecule has 0 fully saturated rings. The molecular weight excluding hydrogens is 244 g/mol. The summed E-state index contributed by atoms with van der Waals surface area (Å²) in [5.41, 5.74) is -0.634. The topological polar surface area (TPSA) is 130 Å². The van der Waals surface area contributed by atoms with Crippen LogP contribution in [-0.4, -0.2) is 57.6 Å². The molecule has 0 rings (SSSR count). The molecule has 0 bridgehead atoms. The number of hydrogen-bond acceptors (Lipinski definition) is 4. The van der Waals surface area contributed by atoms with Crippen LogP contribution in [0, 0.1) is 0 Å². The number of carbonyl (C=O) groups is 3. The highest BCUT2D eigenvalue weighted by atomic mass is 16.4. The van der Waals surface area contributed by atoms with Gasteiger partial charge >= 0.3 is 11.9 Å². The summed E-state index contributed by atoms with van der Waals surface area (Å²) in [4.78, 5) is 33.0. The van der Waals surface area contributed by atoms with E-state index in [2.05, 4.69) is 0 Å². The lowest BCUT2D eigenvalue weighted by Gasteiger charge is -2.27. The molecule has 0 heterocycles. The van der Waals surface area contributed by atoms with Crippen LogP contribution in [0.2, 0.25) is 0 Å². The summed E-state index contributed by atoms with van der Waals surface area (Å²) in [5, 5.41) is 19.4. The van der Waals surface area contributed by atoms with Crippen LogP contribution in [0.1, 0.15) is 6.92 Å². The minimum Gasteiger partial charge on any atom is -0.478 e. The lowest BCUT2D eigenvalue weighted by atomic mass is 10.3. The van der Waals surface area contributed by atoms with Crippen LogP contribution in [-0.2, 0) is 14.4 Å². The molecule has 0 spiro atoms. The summed E-state index contributed by atoms with van der Waals surface area (Å²) >= 11 is 0. The highest BCUT2D eigenvalue weighted by molar-refractivity contribution is 6.00. The second-order valence-electron chi connectivity index (χ2n) is 3.17. The van der Waals surface area contributed by atoms with Gasteiger partial charge < -0.3 is 15.7 Å². The number of hydrogen-bond donors (Lipinski definition) is 2. The zero-order valence-corrected chi connectivity index (χ0v) is 10.2. The first kappa shape index (κ1) is 18.2. The van der Waals surface area contributed by atoms with Crippen molar-refractivity contribution in [2.24, 2.45) is 0 Å². The number of carboxylic acid groups (broad SMARTS) is 2. The Morgan fingerprint density at radius 2 is 1.61 bits per heavy atom. The van der Waals surface area contributed by atoms with Crippen molar-refractivity contribution in [3.05, 3.63) is 23.9 Å². The van der Waals surface area contributed by atoms with Gasteiger partial charge in [-0.1, -0.05) is 6.08 Å². The number of hydrazine groups is 1. The standard InChI is InChI=1S/C10H14N2O5.H2O/c1-4-5-8(13)12(11(2)3)7(10(16)17)6-9(14)15;/h4-6H,1-3H3,(H,14,15)(H,16,17);1H2/b5-4+,7-6+;. The van der Waals surface area contributed by atoms with Crippen LogP contribution >= 0.6 is 0 Å². The fraction of sp³-hybridized carbons (Fsp3) is 0.300. The van der Waals surface area contributed by atoms with Crippen molar-refractivity contribution < 1.29 is 30.1 Å². The van der Waals surface area contributed by atoms with Crippen LogP contribution in [0.15, 0.2) is 23.9 Å². The third kappa shape index (κ3) is 5.23. The number of nitrogens with zero attached hydrogens (tertiary/aromatic N) is 2. The van der Waals surface area contributed by atoms with Gasteiger partial charge in [-0.3, -0.25) is 4.79 Å². The van der Waals surface area contributed by atoms with Crippen molar-refractivity contribution >= 4 is 17.8 Å². The molecule has 0 saturated carbocycles. The Morgan fingerprint density at radius 1 is 1.11 bits per heavy atom. The monoisotopic (exact) mass is 260 g/mol. The number of rotatable bonds is 5. The first-order valence-electron chi connectivity index (χ1n) is 4.63. The molecule has 1 amide bonds. The average molecular weight is 260 g/mol. The smallest absolute Gasteiger partial charge is 0.354 e. The summed E-state index contributed by atoms with van der Waals surface area (Å²) < 4.78 is 0. The van der Waals surface area contributed by atoms with Crippen molar-refractivity contribution in [3.63, 3.8) is 0 Å². The maximum atomic E-state index is 11.6. The van der Waals surface area contributed by atoms with Gasteiger partial charge in [0, 0.05) is 20.2 Å². The van der Waals surface area contributed by atoms with E-state index in [0.29, 0.717) is 6.08 Å². The fourth-order valence-corrected chi connectivity index (χ4v) is 1.07. The minimum absolute atomic E-state index is 0. The Hall–Kier alpha value is -2.19. The average Bonchev–Trinajstić information content (AvgIpc) is 2.15. The first-order valence-corrected chi connectivity index (χ1v) is 4.63. The Balaban J connectivity index is 0. The Bertz CT molecular complexity index is 386. The number of allylic oxidation sites excluding steroid dienone is 1. The summed E-state index contributed by atoms with van der Waals surface area (Å²) in [6.45, 7) is 1.59. The van der Waals surface area contributed by atoms with Gasteiger partial charge in [0.2, 0.25) is 0 Å². The van der Waals surface area contributed by atoms with Crippen LogP contribution in [0.4, 0.5) is 0 Å². The molecule has 0 aromatic rings. The van der Waals surface area contributed by atoms with E-state index in [0.717, 1.165) is 11.1 Å². The van der Waals surface area contributed by atoms with Gasteiger partial charge in [-0.15, -0.1) is 0 Å². The maximum Gasteiger partial charge on any atom is 0.354 e. The summed E-state index contributed by atoms with van der Waals surface area (Å²) in [6.07, 6.45) is 3.03. The Kier molecular flexibility index (Phi) is 8.06. The van der Waals surface area contributed by atoms with E-state index in [1.165, 1.54) is 25.2 Å². The molecule has 8 nitrogen and oxygen atoms in total. The van der Waals surface area contributed by atoms with Crippen LogP contribution in [0.5, 0.6) is 0 Å². The van der Waals surface area contributed by atoms with Gasteiger partial charge in [0.1, 0.15) is 0 Å². The maximum absolute atomic E-state index is 11.6. The van der Waals surface area contributed by atoms with Crippen molar-refractivity contribution in [2.75, 3.05) is 14.1 Å². The Morgan fingerprint density at radius 3 is 1.89 bits per heavy atom. The number of aliphatic carboxylic acids is 2. The molecule has 0 aromatic heterocycles. The lowest BCUT2D eigenvalue weighted by Crippen LogP contribution is -2.42. The number of amides is 1. The van der Waals surface area contributed by atoms with Gasteiger partial charge in [-0.05, 0) is 6.92 Å². The molecule has 4 N–H and O–H groups in total. The van der Waals surface area contributed by atoms with Crippen molar-refractivity contribution in [1.29, 1.82) is 0 Å². The normalized spacial score (nSPS) is 11.2. The fourth-order valence-electron chi connectivity index (χ4n) is 1.07. The SMILES string of the molecule is C/C=C/C(=O)N(/C(=C/C(=O)O)C(=O)O)N(C)C.O. The zero-order chi connectivity index (χ0) is 13.6. The molecule has 102 valence electrons. The predicted molar refractivity (Wildman–Crippen MR) is 62.3 cm³/mol. The third-order valence-electron chi connectivity index (χ3n) is 1.63. The van der Waals surface area contributed by atoms with E-state index >= 15 is 0 Å². The highest BCUT2D eigenvalue weighted by Gasteiger charge is 2.24. The molecule has 0 unspecified atom stereocenters. The molecule has 0 radical (unpaired) electrons. The lowest BCUT2D eigenvalue weighted by molar-refractivity contribution is -0.146. The van der Waals surface area contributed by atoms with Crippen LogP contribution in [0.25, 0.3) is 0 Å². The third-order valence-corrected chi connectivity index (χ3v) is 1.63. The van der Waals surface area contributed by atoms with Crippen molar-refractivity contribution in [1.82, 2.24) is 10.0 Å². The quantitative estimate of drug-likeness (QED) is 0.486. The minimum atomic E-state index is -1.50. The number of carbonyl (C=O) groups excluding carboxylic acids is 1. The second-order valence-corrected chi connectivity index (χ2v) is 3.17. The Labute approximate surface area is 104 Å². The number of carboxylic acids is 2. The molecule has 0 aliphatic heterocycles. The molecule has 0 saturated heterocycles. The predicted octanol–water partition coefficient (Wildman–Crippen LogP) is -0.904. The van der Waals surface area contributed by atoms with Crippen molar-refractivity contribution in [3.8, 4) is 0 Å². The zero-order valence-electron chi connectivity index (χ0n) is 10.2. The first-order chi connectivity index (χ1) is 7.81. The summed E-state index contributed by atoms with van der Waals surface area (Å²) in [6, 6.07) is 0. The molecule has 0 aliphatic rings. The van der Waals surface area contributed by atoms with Gasteiger partial charge in [0.15, 0.2) is 5.70 Å². The van der Waals surface area contributed by atoms with Crippen LogP contribution < -0.4 is 0 Å². The molecule has 0 aliphatic carbocycles. The summed E-state index contributed by atoms with van der Waals surface area (Å²) in [7, 11) is 2.86. The van der Waals surface area contributed by atoms with E-state index in [-0.39, 0.29) is 5.48 Å². The van der Waals surface area contributed by atoms with E-state index in [9.17, 15) is 14.4 Å². The van der Waals surface area contributed by atoms with Gasteiger partial charge in [0.05, 0.1) is 6.08 Å². The second kappa shape index (κ2) is 7.98. The van der Waals surface area contributed by atoms with E-state index in [1.54, 1.807) is 6.92 Å². The molecular formula is C10H16N2O6. The van der Waals surface area contributed by atoms with Gasteiger partial charge in [-0.25, -0.2) is 19.6 Å². The highest BCUT2D eigenvalue weighted by Crippen LogP contribution is 2.08. The van der Waals surface area contributed by atoms with Gasteiger partial charge in [0.25, 0.3) is 5.91 Å². The van der Waals surface area contributed by atoms with Crippen molar-refractivity contribution in [2.45, 2.75) is 6.92 Å². The summed E-state index contributed by atoms with van der Waals surface area (Å²) in [5.74, 6) is -3.59. The molecule has 18 heavy (non-hydrogen) atoms. The molecule has 8 heteroatoms. The van der Waals surface area contributed by atoms with Crippen LogP contribution in [0.3, 0.4) is 0 Å².